The molecule has 158 valence electrons. The van der Waals surface area contributed by atoms with Crippen LogP contribution in [0.4, 0.5) is 0 Å². The number of ether oxygens (including phenoxy) is 4. The molecule has 0 saturated carbocycles. The molecule has 0 atom stereocenters. The number of hydrogen-bond donors (Lipinski definition) is 0. The SMILES string of the molecule is COc1cc(C=O)ccc1OC(=O)CCCCC(=O)Oc1ccc(C=O)cc1OC. The van der Waals surface area contributed by atoms with E-state index in [1.807, 2.05) is 0 Å². The molecule has 2 aromatic carbocycles. The number of carbonyl (C=O) groups excluding carboxylic acids is 4. The van der Waals surface area contributed by atoms with Crippen LogP contribution in [0.5, 0.6) is 23.0 Å². The van der Waals surface area contributed by atoms with E-state index in [0.717, 1.165) is 0 Å². The molecule has 2 aromatic rings. The Morgan fingerprint density at radius 3 is 1.43 bits per heavy atom. The Kier molecular flexibility index (Phi) is 8.56. The molecular weight excluding hydrogens is 392 g/mol. The summed E-state index contributed by atoms with van der Waals surface area (Å²) in [7, 11) is 2.82. The van der Waals surface area contributed by atoms with Crippen molar-refractivity contribution in [1.29, 1.82) is 0 Å². The predicted molar refractivity (Wildman–Crippen MR) is 107 cm³/mol. The fourth-order valence-corrected chi connectivity index (χ4v) is 2.57. The summed E-state index contributed by atoms with van der Waals surface area (Å²) < 4.78 is 20.7. The molecule has 0 bridgehead atoms. The largest absolute Gasteiger partial charge is 0.493 e. The Balaban J connectivity index is 1.78. The molecule has 8 nitrogen and oxygen atoms in total. The molecule has 0 aromatic heterocycles. The van der Waals surface area contributed by atoms with Gasteiger partial charge in [0.25, 0.3) is 0 Å². The Labute approximate surface area is 173 Å². The summed E-state index contributed by atoms with van der Waals surface area (Å²) in [5, 5.41) is 0. The van der Waals surface area contributed by atoms with Gasteiger partial charge in [-0.15, -0.1) is 0 Å². The zero-order valence-electron chi connectivity index (χ0n) is 16.7. The summed E-state index contributed by atoms with van der Waals surface area (Å²) >= 11 is 0. The van der Waals surface area contributed by atoms with E-state index in [-0.39, 0.29) is 35.8 Å². The molecule has 0 heterocycles. The molecule has 0 aliphatic heterocycles. The molecule has 2 rings (SSSR count). The van der Waals surface area contributed by atoms with Crippen molar-refractivity contribution in [2.75, 3.05) is 14.2 Å². The molecule has 0 amide bonds. The first-order valence-corrected chi connectivity index (χ1v) is 9.18. The first-order valence-electron chi connectivity index (χ1n) is 9.18. The number of methoxy groups -OCH3 is 2. The van der Waals surface area contributed by atoms with Gasteiger partial charge in [-0.05, 0) is 49.2 Å². The normalized spacial score (nSPS) is 10.1. The Morgan fingerprint density at radius 1 is 0.700 bits per heavy atom. The van der Waals surface area contributed by atoms with Crippen LogP contribution in [0, 0.1) is 0 Å². The van der Waals surface area contributed by atoms with Crippen LogP contribution in [0.2, 0.25) is 0 Å². The van der Waals surface area contributed by atoms with Crippen LogP contribution in [-0.4, -0.2) is 38.7 Å². The van der Waals surface area contributed by atoms with Gasteiger partial charge in [-0.25, -0.2) is 0 Å². The van der Waals surface area contributed by atoms with Crippen LogP contribution in [0.15, 0.2) is 36.4 Å². The van der Waals surface area contributed by atoms with Crippen LogP contribution >= 0.6 is 0 Å². The standard InChI is InChI=1S/C22H22O8/c1-27-19-11-15(13-23)7-9-17(19)29-21(25)5-3-4-6-22(26)30-18-10-8-16(14-24)12-20(18)28-2/h7-14H,3-6H2,1-2H3. The number of benzene rings is 2. The fraction of sp³-hybridized carbons (Fsp3) is 0.273. The van der Waals surface area contributed by atoms with Crippen LogP contribution < -0.4 is 18.9 Å². The van der Waals surface area contributed by atoms with Gasteiger partial charge in [0.05, 0.1) is 14.2 Å². The highest BCUT2D eigenvalue weighted by Crippen LogP contribution is 2.29. The minimum Gasteiger partial charge on any atom is -0.493 e. The van der Waals surface area contributed by atoms with Gasteiger partial charge < -0.3 is 18.9 Å². The maximum absolute atomic E-state index is 12.0. The summed E-state index contributed by atoms with van der Waals surface area (Å²) in [4.78, 5) is 45.6. The third kappa shape index (κ3) is 6.44. The van der Waals surface area contributed by atoms with Crippen LogP contribution in [-0.2, 0) is 9.59 Å². The quantitative estimate of drug-likeness (QED) is 0.238. The van der Waals surface area contributed by atoms with E-state index in [9.17, 15) is 19.2 Å². The Morgan fingerprint density at radius 2 is 1.10 bits per heavy atom. The molecule has 0 spiro atoms. The lowest BCUT2D eigenvalue weighted by Crippen LogP contribution is -2.11. The van der Waals surface area contributed by atoms with Crippen molar-refractivity contribution in [3.8, 4) is 23.0 Å². The van der Waals surface area contributed by atoms with Gasteiger partial charge in [-0.2, -0.15) is 0 Å². The maximum atomic E-state index is 12.0. The molecule has 0 aliphatic rings. The van der Waals surface area contributed by atoms with Crippen LogP contribution in [0.25, 0.3) is 0 Å². The third-order valence-corrected chi connectivity index (χ3v) is 4.11. The molecule has 0 radical (unpaired) electrons. The van der Waals surface area contributed by atoms with Gasteiger partial charge in [0, 0.05) is 24.0 Å². The van der Waals surface area contributed by atoms with Gasteiger partial charge in [-0.3, -0.25) is 19.2 Å². The first kappa shape index (κ1) is 22.6. The highest BCUT2D eigenvalue weighted by Gasteiger charge is 2.13. The molecule has 0 saturated heterocycles. The minimum absolute atomic E-state index is 0.100. The van der Waals surface area contributed by atoms with Crippen molar-refractivity contribution in [2.24, 2.45) is 0 Å². The number of aldehydes is 2. The summed E-state index contributed by atoms with van der Waals surface area (Å²) in [5.74, 6) is 0.0483. The smallest absolute Gasteiger partial charge is 0.311 e. The average Bonchev–Trinajstić information content (AvgIpc) is 2.77. The summed E-state index contributed by atoms with van der Waals surface area (Å²) in [5.41, 5.74) is 0.810. The third-order valence-electron chi connectivity index (χ3n) is 4.11. The summed E-state index contributed by atoms with van der Waals surface area (Å²) in [6, 6.07) is 8.96. The number of esters is 2. The second-order valence-corrected chi connectivity index (χ2v) is 6.21. The Bertz CT molecular complexity index is 844. The molecule has 0 fully saturated rings. The van der Waals surface area contributed by atoms with Gasteiger partial charge in [-0.1, -0.05) is 0 Å². The van der Waals surface area contributed by atoms with Gasteiger partial charge >= 0.3 is 11.9 Å². The van der Waals surface area contributed by atoms with Crippen molar-refractivity contribution in [1.82, 2.24) is 0 Å². The highest BCUT2D eigenvalue weighted by atomic mass is 16.6. The van der Waals surface area contributed by atoms with Crippen molar-refractivity contribution in [2.45, 2.75) is 25.7 Å². The van der Waals surface area contributed by atoms with Crippen molar-refractivity contribution in [3.63, 3.8) is 0 Å². The lowest BCUT2D eigenvalue weighted by molar-refractivity contribution is -0.136. The van der Waals surface area contributed by atoms with E-state index in [1.54, 1.807) is 0 Å². The highest BCUT2D eigenvalue weighted by molar-refractivity contribution is 5.79. The van der Waals surface area contributed by atoms with Gasteiger partial charge in [0.1, 0.15) is 12.6 Å². The second-order valence-electron chi connectivity index (χ2n) is 6.21. The van der Waals surface area contributed by atoms with Gasteiger partial charge in [0.15, 0.2) is 23.0 Å². The first-order chi connectivity index (χ1) is 14.5. The van der Waals surface area contributed by atoms with Gasteiger partial charge in [0.2, 0.25) is 0 Å². The van der Waals surface area contributed by atoms with Crippen molar-refractivity contribution >= 4 is 24.5 Å². The van der Waals surface area contributed by atoms with Crippen LogP contribution in [0.3, 0.4) is 0 Å². The van der Waals surface area contributed by atoms with Crippen LogP contribution in [0.1, 0.15) is 46.4 Å². The second kappa shape index (κ2) is 11.4. The topological polar surface area (TPSA) is 105 Å². The predicted octanol–water partition coefficient (Wildman–Crippen LogP) is 3.40. The fourth-order valence-electron chi connectivity index (χ4n) is 2.57. The van der Waals surface area contributed by atoms with Crippen molar-refractivity contribution in [3.05, 3.63) is 47.5 Å². The number of hydrogen-bond acceptors (Lipinski definition) is 8. The molecular formula is C22H22O8. The zero-order chi connectivity index (χ0) is 21.9. The number of rotatable bonds is 11. The lowest BCUT2D eigenvalue weighted by atomic mass is 10.2. The summed E-state index contributed by atoms with van der Waals surface area (Å²) in [6.07, 6.45) is 2.37. The molecule has 30 heavy (non-hydrogen) atoms. The van der Waals surface area contributed by atoms with E-state index in [1.165, 1.54) is 50.6 Å². The lowest BCUT2D eigenvalue weighted by Gasteiger charge is -2.10. The number of unbranched alkanes of at least 4 members (excludes halogenated alkanes) is 1. The molecule has 0 aliphatic carbocycles. The van der Waals surface area contributed by atoms with Crippen molar-refractivity contribution < 1.29 is 38.1 Å². The average molecular weight is 414 g/mol. The Hall–Kier alpha value is -3.68. The van der Waals surface area contributed by atoms with E-state index >= 15 is 0 Å². The monoisotopic (exact) mass is 414 g/mol. The molecule has 0 N–H and O–H groups in total. The maximum Gasteiger partial charge on any atom is 0.311 e. The van der Waals surface area contributed by atoms with E-state index < -0.39 is 11.9 Å². The number of carbonyl (C=O) groups is 4. The zero-order valence-corrected chi connectivity index (χ0v) is 16.7. The molecule has 0 unspecified atom stereocenters. The van der Waals surface area contributed by atoms with E-state index in [0.29, 0.717) is 36.5 Å². The summed E-state index contributed by atoms with van der Waals surface area (Å²) in [6.45, 7) is 0. The minimum atomic E-state index is -0.480. The van der Waals surface area contributed by atoms with E-state index in [4.69, 9.17) is 18.9 Å². The van der Waals surface area contributed by atoms with E-state index in [2.05, 4.69) is 0 Å². The molecule has 8 heteroatoms.